The van der Waals surface area contributed by atoms with Crippen LogP contribution in [0.15, 0.2) is 18.2 Å². The van der Waals surface area contributed by atoms with Gasteiger partial charge in [0.15, 0.2) is 0 Å². The molecule has 106 valence electrons. The second kappa shape index (κ2) is 6.38. The third-order valence-corrected chi connectivity index (χ3v) is 4.03. The van der Waals surface area contributed by atoms with E-state index in [1.54, 1.807) is 6.07 Å². The van der Waals surface area contributed by atoms with Gasteiger partial charge in [0.05, 0.1) is 4.92 Å². The van der Waals surface area contributed by atoms with Crippen LogP contribution < -0.4 is 5.32 Å². The van der Waals surface area contributed by atoms with E-state index in [4.69, 9.17) is 5.26 Å². The molecule has 1 N–H and O–H groups in total. The van der Waals surface area contributed by atoms with E-state index in [-0.39, 0.29) is 11.3 Å². The summed E-state index contributed by atoms with van der Waals surface area (Å²) < 4.78 is 0. The average molecular weight is 273 g/mol. The second-order valence-corrected chi connectivity index (χ2v) is 5.47. The number of anilines is 1. The minimum absolute atomic E-state index is 0.106. The summed E-state index contributed by atoms with van der Waals surface area (Å²) in [7, 11) is 0. The quantitative estimate of drug-likeness (QED) is 0.515. The third kappa shape index (κ3) is 3.27. The lowest BCUT2D eigenvalue weighted by Gasteiger charge is -2.23. The van der Waals surface area contributed by atoms with Crippen molar-refractivity contribution in [2.45, 2.75) is 45.1 Å². The topological polar surface area (TPSA) is 79.0 Å². The van der Waals surface area contributed by atoms with Crippen molar-refractivity contribution < 1.29 is 4.92 Å². The van der Waals surface area contributed by atoms with Crippen LogP contribution in [0.25, 0.3) is 0 Å². The predicted molar refractivity (Wildman–Crippen MR) is 77.5 cm³/mol. The van der Waals surface area contributed by atoms with Crippen molar-refractivity contribution in [2.75, 3.05) is 5.32 Å². The summed E-state index contributed by atoms with van der Waals surface area (Å²) in [5.41, 5.74) is 0.711. The van der Waals surface area contributed by atoms with Gasteiger partial charge in [-0.05, 0) is 30.9 Å². The average Bonchev–Trinajstić information content (AvgIpc) is 2.64. The van der Waals surface area contributed by atoms with Crippen LogP contribution in [-0.2, 0) is 0 Å². The molecule has 5 heteroatoms. The Labute approximate surface area is 118 Å². The maximum Gasteiger partial charge on any atom is 0.289 e. The van der Waals surface area contributed by atoms with Gasteiger partial charge in [-0.25, -0.2) is 0 Å². The van der Waals surface area contributed by atoms with Gasteiger partial charge in [0, 0.05) is 17.8 Å². The van der Waals surface area contributed by atoms with Crippen molar-refractivity contribution >= 4 is 11.4 Å². The number of nitriles is 1. The molecule has 2 atom stereocenters. The highest BCUT2D eigenvalue weighted by Crippen LogP contribution is 2.28. The molecule has 1 aromatic carbocycles. The van der Waals surface area contributed by atoms with Crippen LogP contribution in [0.4, 0.5) is 11.4 Å². The first-order chi connectivity index (χ1) is 9.61. The van der Waals surface area contributed by atoms with Crippen molar-refractivity contribution in [1.82, 2.24) is 0 Å². The molecule has 0 spiro atoms. The molecule has 1 aliphatic rings. The van der Waals surface area contributed by atoms with Crippen LogP contribution in [0.2, 0.25) is 0 Å². The highest BCUT2D eigenvalue weighted by molar-refractivity contribution is 5.59. The Balaban J connectivity index is 2.19. The largest absolute Gasteiger partial charge is 0.382 e. The molecule has 0 aliphatic heterocycles. The van der Waals surface area contributed by atoms with Crippen LogP contribution in [0, 0.1) is 27.4 Å². The zero-order chi connectivity index (χ0) is 14.5. The lowest BCUT2D eigenvalue weighted by Crippen LogP contribution is -2.26. The summed E-state index contributed by atoms with van der Waals surface area (Å²) in [4.78, 5) is 10.5. The molecular weight excluding hydrogens is 254 g/mol. The normalized spacial score (nSPS) is 22.6. The Morgan fingerprint density at radius 3 is 2.80 bits per heavy atom. The monoisotopic (exact) mass is 273 g/mol. The van der Waals surface area contributed by atoms with E-state index < -0.39 is 4.92 Å². The standard InChI is InChI=1S/C15H19N3O2/c1-11-5-3-2-4-6-14(11)17-13-8-7-12(10-16)15(9-13)18(19)20/h7-9,11,14,17H,2-6H2,1H3. The number of nitro groups is 1. The molecule has 2 rings (SSSR count). The van der Waals surface area contributed by atoms with Gasteiger partial charge in [0.1, 0.15) is 11.6 Å². The summed E-state index contributed by atoms with van der Waals surface area (Å²) in [6.07, 6.45) is 5.99. The van der Waals surface area contributed by atoms with Gasteiger partial charge in [-0.15, -0.1) is 0 Å². The highest BCUT2D eigenvalue weighted by Gasteiger charge is 2.21. The Bertz CT molecular complexity index is 536. The van der Waals surface area contributed by atoms with Gasteiger partial charge < -0.3 is 5.32 Å². The van der Waals surface area contributed by atoms with Crippen molar-refractivity contribution in [3.8, 4) is 6.07 Å². The minimum atomic E-state index is -0.500. The number of benzene rings is 1. The van der Waals surface area contributed by atoms with E-state index in [0.717, 1.165) is 12.1 Å². The summed E-state index contributed by atoms with van der Waals surface area (Å²) in [6, 6.07) is 6.95. The van der Waals surface area contributed by atoms with Gasteiger partial charge in [0.25, 0.3) is 5.69 Å². The van der Waals surface area contributed by atoms with Crippen molar-refractivity contribution in [1.29, 1.82) is 5.26 Å². The number of rotatable bonds is 3. The van der Waals surface area contributed by atoms with Gasteiger partial charge in [-0.1, -0.05) is 26.2 Å². The SMILES string of the molecule is CC1CCCCCC1Nc1ccc(C#N)c([N+](=O)[O-])c1. The van der Waals surface area contributed by atoms with E-state index in [2.05, 4.69) is 12.2 Å². The molecule has 1 saturated carbocycles. The molecule has 0 aromatic heterocycles. The van der Waals surface area contributed by atoms with Gasteiger partial charge in [0.2, 0.25) is 0 Å². The molecule has 0 amide bonds. The first kappa shape index (κ1) is 14.3. The lowest BCUT2D eigenvalue weighted by atomic mass is 9.96. The molecule has 0 heterocycles. The summed E-state index contributed by atoms with van der Waals surface area (Å²) in [5.74, 6) is 0.562. The number of nitrogens with one attached hydrogen (secondary N) is 1. The Morgan fingerprint density at radius 2 is 2.10 bits per heavy atom. The van der Waals surface area contributed by atoms with E-state index in [1.807, 2.05) is 6.07 Å². The predicted octanol–water partition coefficient (Wildman–Crippen LogP) is 3.85. The van der Waals surface area contributed by atoms with E-state index in [1.165, 1.54) is 37.8 Å². The van der Waals surface area contributed by atoms with E-state index in [0.29, 0.717) is 12.0 Å². The van der Waals surface area contributed by atoms with Crippen LogP contribution in [0.3, 0.4) is 0 Å². The van der Waals surface area contributed by atoms with Gasteiger partial charge in [-0.2, -0.15) is 5.26 Å². The van der Waals surface area contributed by atoms with Crippen molar-refractivity contribution in [3.05, 3.63) is 33.9 Å². The number of hydrogen-bond donors (Lipinski definition) is 1. The van der Waals surface area contributed by atoms with Crippen LogP contribution in [0.1, 0.15) is 44.6 Å². The molecule has 1 aromatic rings. The molecule has 2 unspecified atom stereocenters. The fourth-order valence-electron chi connectivity index (χ4n) is 2.79. The molecule has 20 heavy (non-hydrogen) atoms. The molecule has 1 aliphatic carbocycles. The number of hydrogen-bond acceptors (Lipinski definition) is 4. The Morgan fingerprint density at radius 1 is 1.35 bits per heavy atom. The van der Waals surface area contributed by atoms with Crippen molar-refractivity contribution in [2.24, 2.45) is 5.92 Å². The fourth-order valence-corrected chi connectivity index (χ4v) is 2.79. The van der Waals surface area contributed by atoms with Gasteiger partial charge >= 0.3 is 0 Å². The van der Waals surface area contributed by atoms with E-state index >= 15 is 0 Å². The zero-order valence-corrected chi connectivity index (χ0v) is 11.6. The second-order valence-electron chi connectivity index (χ2n) is 5.47. The summed E-state index contributed by atoms with van der Waals surface area (Å²) in [6.45, 7) is 2.22. The highest BCUT2D eigenvalue weighted by atomic mass is 16.6. The Hall–Kier alpha value is -2.09. The van der Waals surface area contributed by atoms with Crippen molar-refractivity contribution in [3.63, 3.8) is 0 Å². The zero-order valence-electron chi connectivity index (χ0n) is 11.6. The van der Waals surface area contributed by atoms with Crippen LogP contribution in [0.5, 0.6) is 0 Å². The van der Waals surface area contributed by atoms with Crippen LogP contribution in [-0.4, -0.2) is 11.0 Å². The minimum Gasteiger partial charge on any atom is -0.382 e. The maximum absolute atomic E-state index is 11.0. The molecule has 1 fully saturated rings. The van der Waals surface area contributed by atoms with E-state index in [9.17, 15) is 10.1 Å². The summed E-state index contributed by atoms with van der Waals surface area (Å²) >= 11 is 0. The molecular formula is C15H19N3O2. The molecule has 0 radical (unpaired) electrons. The molecule has 0 bridgehead atoms. The van der Waals surface area contributed by atoms with Gasteiger partial charge in [-0.3, -0.25) is 10.1 Å². The first-order valence-corrected chi connectivity index (χ1v) is 7.07. The van der Waals surface area contributed by atoms with Crippen LogP contribution >= 0.6 is 0 Å². The molecule has 5 nitrogen and oxygen atoms in total. The lowest BCUT2D eigenvalue weighted by molar-refractivity contribution is -0.385. The maximum atomic E-state index is 11.0. The Kier molecular flexibility index (Phi) is 4.57. The number of nitrogens with zero attached hydrogens (tertiary/aromatic N) is 2. The fraction of sp³-hybridized carbons (Fsp3) is 0.533. The third-order valence-electron chi connectivity index (χ3n) is 4.03. The first-order valence-electron chi connectivity index (χ1n) is 7.07. The number of nitro benzene ring substituents is 1. The molecule has 0 saturated heterocycles. The summed E-state index contributed by atoms with van der Waals surface area (Å²) in [5, 5.41) is 23.3. The smallest absolute Gasteiger partial charge is 0.289 e.